The number of hydrogen-bond acceptors (Lipinski definition) is 2. The highest BCUT2D eigenvalue weighted by atomic mass is 16.5. The quantitative estimate of drug-likeness (QED) is 0.744. The molecule has 0 amide bonds. The Labute approximate surface area is 97.4 Å². The van der Waals surface area contributed by atoms with Gasteiger partial charge in [0.2, 0.25) is 0 Å². The van der Waals surface area contributed by atoms with Gasteiger partial charge in [0.1, 0.15) is 0 Å². The summed E-state index contributed by atoms with van der Waals surface area (Å²) in [4.78, 5) is 4.40. The molecule has 2 atom stereocenters. The number of ether oxygens (including phenoxy) is 1. The minimum Gasteiger partial charge on any atom is -0.345 e. The summed E-state index contributed by atoms with van der Waals surface area (Å²) in [5.41, 5.74) is 1.00. The Morgan fingerprint density at radius 3 is 2.62 bits per heavy atom. The largest absolute Gasteiger partial charge is 0.345 e. The van der Waals surface area contributed by atoms with Gasteiger partial charge in [0.05, 0.1) is 5.60 Å². The molecule has 2 rings (SSSR count). The predicted molar refractivity (Wildman–Crippen MR) is 66.6 cm³/mol. The zero-order valence-corrected chi connectivity index (χ0v) is 10.2. The lowest BCUT2D eigenvalue weighted by atomic mass is 9.91. The fourth-order valence-corrected chi connectivity index (χ4v) is 1.96. The van der Waals surface area contributed by atoms with Crippen molar-refractivity contribution in [2.24, 2.45) is 10.9 Å². The van der Waals surface area contributed by atoms with Crippen molar-refractivity contribution in [3.05, 3.63) is 35.9 Å². The Hall–Kier alpha value is -1.15. The first-order valence-corrected chi connectivity index (χ1v) is 5.87. The molecule has 86 valence electrons. The van der Waals surface area contributed by atoms with Crippen molar-refractivity contribution in [2.45, 2.75) is 39.0 Å². The van der Waals surface area contributed by atoms with Crippen LogP contribution in [0.3, 0.4) is 0 Å². The third-order valence-electron chi connectivity index (χ3n) is 3.07. The normalized spacial score (nSPS) is 29.6. The summed E-state index contributed by atoms with van der Waals surface area (Å²) in [6.07, 6.45) is 2.83. The molecule has 0 saturated heterocycles. The zero-order valence-electron chi connectivity index (χ0n) is 10.2. The van der Waals surface area contributed by atoms with E-state index in [9.17, 15) is 0 Å². The van der Waals surface area contributed by atoms with Crippen molar-refractivity contribution in [1.82, 2.24) is 0 Å². The van der Waals surface area contributed by atoms with E-state index in [0.717, 1.165) is 6.42 Å². The third kappa shape index (κ3) is 2.17. The molecule has 1 aromatic rings. The highest BCUT2D eigenvalue weighted by molar-refractivity contribution is 5.60. The molecule has 1 aromatic carbocycles. The average Bonchev–Trinajstić information content (AvgIpc) is 2.30. The molecule has 2 unspecified atom stereocenters. The smallest absolute Gasteiger partial charge is 0.151 e. The molecule has 16 heavy (non-hydrogen) atoms. The van der Waals surface area contributed by atoms with Gasteiger partial charge in [0.15, 0.2) is 6.23 Å². The fourth-order valence-electron chi connectivity index (χ4n) is 1.96. The van der Waals surface area contributed by atoms with Crippen LogP contribution in [0.1, 0.15) is 32.8 Å². The third-order valence-corrected chi connectivity index (χ3v) is 3.07. The standard InChI is InChI=1S/C14H19NO/c1-11(2)13-15-10-9-14(3,16-13)12-7-5-4-6-8-12/h4-8,10-11,13H,9H2,1-3H3. The molecule has 0 N–H and O–H groups in total. The zero-order chi connectivity index (χ0) is 11.6. The molecule has 0 fully saturated rings. The van der Waals surface area contributed by atoms with E-state index in [4.69, 9.17) is 4.74 Å². The first kappa shape index (κ1) is 11.3. The second-order valence-corrected chi connectivity index (χ2v) is 4.89. The van der Waals surface area contributed by atoms with Crippen LogP contribution in [-0.4, -0.2) is 12.4 Å². The Morgan fingerprint density at radius 2 is 2.00 bits per heavy atom. The van der Waals surface area contributed by atoms with Crippen LogP contribution in [0, 0.1) is 5.92 Å². The molecule has 0 aliphatic carbocycles. The lowest BCUT2D eigenvalue weighted by molar-refractivity contribution is -0.104. The van der Waals surface area contributed by atoms with E-state index in [1.807, 2.05) is 12.3 Å². The van der Waals surface area contributed by atoms with Crippen molar-refractivity contribution >= 4 is 6.21 Å². The molecule has 0 bridgehead atoms. The molecular formula is C14H19NO. The molecule has 2 nitrogen and oxygen atoms in total. The molecule has 2 heteroatoms. The molecule has 1 aliphatic rings. The van der Waals surface area contributed by atoms with E-state index < -0.39 is 0 Å². The van der Waals surface area contributed by atoms with Gasteiger partial charge in [-0.2, -0.15) is 0 Å². The van der Waals surface area contributed by atoms with Crippen molar-refractivity contribution in [3.63, 3.8) is 0 Å². The molecule has 0 spiro atoms. The van der Waals surface area contributed by atoms with Crippen LogP contribution in [0.2, 0.25) is 0 Å². The predicted octanol–water partition coefficient (Wildman–Crippen LogP) is 3.38. The number of aliphatic imine (C=N–C) groups is 1. The van der Waals surface area contributed by atoms with Crippen molar-refractivity contribution < 1.29 is 4.74 Å². The van der Waals surface area contributed by atoms with Gasteiger partial charge in [-0.05, 0) is 18.4 Å². The summed E-state index contributed by atoms with van der Waals surface area (Å²) in [5, 5.41) is 0. The lowest BCUT2D eigenvalue weighted by Gasteiger charge is -2.36. The second kappa shape index (κ2) is 4.38. The van der Waals surface area contributed by atoms with Gasteiger partial charge in [0, 0.05) is 12.6 Å². The van der Waals surface area contributed by atoms with Crippen LogP contribution in [0.4, 0.5) is 0 Å². The molecule has 1 aliphatic heterocycles. The number of nitrogens with zero attached hydrogens (tertiary/aromatic N) is 1. The van der Waals surface area contributed by atoms with Crippen molar-refractivity contribution in [1.29, 1.82) is 0 Å². The Kier molecular flexibility index (Phi) is 3.10. The van der Waals surface area contributed by atoms with Gasteiger partial charge in [-0.3, -0.25) is 4.99 Å². The van der Waals surface area contributed by atoms with Gasteiger partial charge >= 0.3 is 0 Å². The van der Waals surface area contributed by atoms with Gasteiger partial charge in [-0.1, -0.05) is 44.2 Å². The van der Waals surface area contributed by atoms with Crippen LogP contribution in [0.15, 0.2) is 35.3 Å². The summed E-state index contributed by atoms with van der Waals surface area (Å²) in [6, 6.07) is 10.4. The Morgan fingerprint density at radius 1 is 1.31 bits per heavy atom. The molecule has 0 radical (unpaired) electrons. The first-order chi connectivity index (χ1) is 7.62. The van der Waals surface area contributed by atoms with Crippen LogP contribution in [-0.2, 0) is 10.3 Å². The summed E-state index contributed by atoms with van der Waals surface area (Å²) in [5.74, 6) is 0.416. The number of hydrogen-bond donors (Lipinski definition) is 0. The molecule has 1 heterocycles. The Balaban J connectivity index is 2.24. The monoisotopic (exact) mass is 217 g/mol. The lowest BCUT2D eigenvalue weighted by Crippen LogP contribution is -2.36. The summed E-state index contributed by atoms with van der Waals surface area (Å²) in [7, 11) is 0. The first-order valence-electron chi connectivity index (χ1n) is 5.87. The van der Waals surface area contributed by atoms with E-state index in [1.165, 1.54) is 5.56 Å². The van der Waals surface area contributed by atoms with E-state index in [2.05, 4.69) is 50.0 Å². The van der Waals surface area contributed by atoms with E-state index in [1.54, 1.807) is 0 Å². The number of benzene rings is 1. The van der Waals surface area contributed by atoms with Gasteiger partial charge in [0.25, 0.3) is 0 Å². The van der Waals surface area contributed by atoms with Crippen LogP contribution >= 0.6 is 0 Å². The molecule has 0 aromatic heterocycles. The highest BCUT2D eigenvalue weighted by Crippen LogP contribution is 2.34. The van der Waals surface area contributed by atoms with Crippen LogP contribution in [0.25, 0.3) is 0 Å². The van der Waals surface area contributed by atoms with Crippen LogP contribution in [0.5, 0.6) is 0 Å². The van der Waals surface area contributed by atoms with E-state index >= 15 is 0 Å². The highest BCUT2D eigenvalue weighted by Gasteiger charge is 2.33. The average molecular weight is 217 g/mol. The maximum Gasteiger partial charge on any atom is 0.151 e. The van der Waals surface area contributed by atoms with E-state index in [-0.39, 0.29) is 11.8 Å². The van der Waals surface area contributed by atoms with E-state index in [0.29, 0.717) is 5.92 Å². The maximum atomic E-state index is 6.12. The van der Waals surface area contributed by atoms with Crippen molar-refractivity contribution in [3.8, 4) is 0 Å². The summed E-state index contributed by atoms with van der Waals surface area (Å²) >= 11 is 0. The van der Waals surface area contributed by atoms with Gasteiger partial charge in [-0.15, -0.1) is 0 Å². The number of rotatable bonds is 2. The summed E-state index contributed by atoms with van der Waals surface area (Å²) in [6.45, 7) is 6.42. The maximum absolute atomic E-state index is 6.12. The Bertz CT molecular complexity index is 372. The van der Waals surface area contributed by atoms with Gasteiger partial charge in [-0.25, -0.2) is 0 Å². The second-order valence-electron chi connectivity index (χ2n) is 4.89. The molecule has 0 saturated carbocycles. The van der Waals surface area contributed by atoms with Crippen LogP contribution < -0.4 is 0 Å². The fraction of sp³-hybridized carbons (Fsp3) is 0.500. The molecular weight excluding hydrogens is 198 g/mol. The summed E-state index contributed by atoms with van der Waals surface area (Å²) < 4.78 is 6.12. The van der Waals surface area contributed by atoms with Gasteiger partial charge < -0.3 is 4.74 Å². The topological polar surface area (TPSA) is 21.6 Å². The minimum atomic E-state index is -0.224. The SMILES string of the molecule is CC(C)C1N=CCC(C)(c2ccccc2)O1. The van der Waals surface area contributed by atoms with Crippen molar-refractivity contribution in [2.75, 3.05) is 0 Å². The minimum absolute atomic E-state index is 0.0149.